The standard InChI is InChI=1S/C27H40N6/c1-22-11-12-26(29-19-22)33-17-13-25(14-18-33)31-27(28-2)30-20-23-9-5-6-10-24(23)21-32-15-7-3-4-8-16-32/h5-6,9-12,19,25H,3-4,7-8,13-18,20-21H2,1-2H3,(H2,28,30,31). The van der Waals surface area contributed by atoms with Crippen LogP contribution in [0.5, 0.6) is 0 Å². The number of aryl methyl sites for hydroxylation is 1. The van der Waals surface area contributed by atoms with Gasteiger partial charge in [0.15, 0.2) is 5.96 Å². The van der Waals surface area contributed by atoms with Crippen LogP contribution in [-0.2, 0) is 13.1 Å². The first-order valence-electron chi connectivity index (χ1n) is 12.6. The molecule has 6 heteroatoms. The molecule has 2 aliphatic rings. The lowest BCUT2D eigenvalue weighted by molar-refractivity contribution is 0.276. The monoisotopic (exact) mass is 448 g/mol. The van der Waals surface area contributed by atoms with Gasteiger partial charge in [0.1, 0.15) is 5.82 Å². The van der Waals surface area contributed by atoms with E-state index in [2.05, 4.69) is 73.7 Å². The number of anilines is 1. The van der Waals surface area contributed by atoms with Crippen molar-refractivity contribution >= 4 is 11.8 Å². The minimum absolute atomic E-state index is 0.435. The molecule has 0 amide bonds. The maximum absolute atomic E-state index is 4.59. The van der Waals surface area contributed by atoms with Crippen LogP contribution in [0.3, 0.4) is 0 Å². The van der Waals surface area contributed by atoms with E-state index in [1.807, 2.05) is 13.2 Å². The van der Waals surface area contributed by atoms with Crippen molar-refractivity contribution in [2.24, 2.45) is 4.99 Å². The highest BCUT2D eigenvalue weighted by Gasteiger charge is 2.21. The van der Waals surface area contributed by atoms with E-state index in [1.165, 1.54) is 55.5 Å². The molecular formula is C27H40N6. The van der Waals surface area contributed by atoms with Crippen molar-refractivity contribution in [3.05, 3.63) is 59.3 Å². The number of hydrogen-bond donors (Lipinski definition) is 2. The summed E-state index contributed by atoms with van der Waals surface area (Å²) in [6, 6.07) is 13.6. The van der Waals surface area contributed by atoms with Crippen molar-refractivity contribution in [3.8, 4) is 0 Å². The van der Waals surface area contributed by atoms with Crippen molar-refractivity contribution in [1.82, 2.24) is 20.5 Å². The van der Waals surface area contributed by atoms with Crippen molar-refractivity contribution in [2.45, 2.75) is 64.6 Å². The molecule has 2 fully saturated rings. The molecule has 3 heterocycles. The van der Waals surface area contributed by atoms with E-state index in [1.54, 1.807) is 0 Å². The second kappa shape index (κ2) is 12.0. The first-order chi connectivity index (χ1) is 16.2. The Bertz CT molecular complexity index is 878. The van der Waals surface area contributed by atoms with Gasteiger partial charge in [0.25, 0.3) is 0 Å². The number of rotatable bonds is 6. The van der Waals surface area contributed by atoms with E-state index in [0.29, 0.717) is 6.04 Å². The molecule has 0 unspecified atom stereocenters. The van der Waals surface area contributed by atoms with Gasteiger partial charge in [-0.15, -0.1) is 0 Å². The third kappa shape index (κ3) is 6.94. The molecule has 2 saturated heterocycles. The predicted octanol–water partition coefficient (Wildman–Crippen LogP) is 4.10. The summed E-state index contributed by atoms with van der Waals surface area (Å²) >= 11 is 0. The largest absolute Gasteiger partial charge is 0.356 e. The van der Waals surface area contributed by atoms with Gasteiger partial charge < -0.3 is 15.5 Å². The molecule has 0 saturated carbocycles. The molecule has 0 spiro atoms. The molecule has 2 aromatic rings. The van der Waals surface area contributed by atoms with E-state index in [0.717, 1.165) is 50.8 Å². The summed E-state index contributed by atoms with van der Waals surface area (Å²) in [6.07, 6.45) is 9.54. The topological polar surface area (TPSA) is 55.8 Å². The van der Waals surface area contributed by atoms with Gasteiger partial charge in [0.05, 0.1) is 0 Å². The second-order valence-electron chi connectivity index (χ2n) is 9.48. The van der Waals surface area contributed by atoms with Crippen LogP contribution < -0.4 is 15.5 Å². The van der Waals surface area contributed by atoms with E-state index in [9.17, 15) is 0 Å². The zero-order chi connectivity index (χ0) is 22.9. The Kier molecular flexibility index (Phi) is 8.59. The number of hydrogen-bond acceptors (Lipinski definition) is 4. The van der Waals surface area contributed by atoms with E-state index >= 15 is 0 Å². The summed E-state index contributed by atoms with van der Waals surface area (Å²) in [5.41, 5.74) is 4.00. The van der Waals surface area contributed by atoms with Gasteiger partial charge in [-0.25, -0.2) is 4.98 Å². The third-order valence-electron chi connectivity index (χ3n) is 6.94. The van der Waals surface area contributed by atoms with Gasteiger partial charge in [0.2, 0.25) is 0 Å². The third-order valence-corrected chi connectivity index (χ3v) is 6.94. The maximum atomic E-state index is 4.59. The maximum Gasteiger partial charge on any atom is 0.191 e. The molecule has 2 N–H and O–H groups in total. The van der Waals surface area contributed by atoms with Crippen LogP contribution in [0.2, 0.25) is 0 Å². The summed E-state index contributed by atoms with van der Waals surface area (Å²) in [7, 11) is 1.86. The van der Waals surface area contributed by atoms with E-state index in [-0.39, 0.29) is 0 Å². The Morgan fingerprint density at radius 2 is 1.70 bits per heavy atom. The lowest BCUT2D eigenvalue weighted by Gasteiger charge is -2.34. The molecule has 2 aliphatic heterocycles. The highest BCUT2D eigenvalue weighted by Crippen LogP contribution is 2.19. The fraction of sp³-hybridized carbons (Fsp3) is 0.556. The Labute approximate surface area is 199 Å². The Morgan fingerprint density at radius 3 is 2.36 bits per heavy atom. The lowest BCUT2D eigenvalue weighted by atomic mass is 10.0. The van der Waals surface area contributed by atoms with Crippen LogP contribution in [-0.4, -0.2) is 55.1 Å². The zero-order valence-corrected chi connectivity index (χ0v) is 20.4. The predicted molar refractivity (Wildman–Crippen MR) is 138 cm³/mol. The van der Waals surface area contributed by atoms with Crippen LogP contribution in [0.1, 0.15) is 55.2 Å². The van der Waals surface area contributed by atoms with E-state index < -0.39 is 0 Å². The van der Waals surface area contributed by atoms with Crippen LogP contribution in [0.25, 0.3) is 0 Å². The average molecular weight is 449 g/mol. The number of benzene rings is 1. The molecule has 0 aliphatic carbocycles. The first-order valence-corrected chi connectivity index (χ1v) is 12.6. The molecule has 0 atom stereocenters. The zero-order valence-electron chi connectivity index (χ0n) is 20.4. The molecule has 33 heavy (non-hydrogen) atoms. The molecule has 4 rings (SSSR count). The summed E-state index contributed by atoms with van der Waals surface area (Å²) in [6.45, 7) is 8.42. The van der Waals surface area contributed by atoms with Crippen molar-refractivity contribution < 1.29 is 0 Å². The van der Waals surface area contributed by atoms with Gasteiger partial charge in [-0.1, -0.05) is 43.2 Å². The van der Waals surface area contributed by atoms with Crippen LogP contribution in [0, 0.1) is 6.92 Å². The van der Waals surface area contributed by atoms with Crippen molar-refractivity contribution in [3.63, 3.8) is 0 Å². The Balaban J connectivity index is 1.27. The normalized spacial score (nSPS) is 18.7. The average Bonchev–Trinajstić information content (AvgIpc) is 3.12. The van der Waals surface area contributed by atoms with Gasteiger partial charge >= 0.3 is 0 Å². The number of likely N-dealkylation sites (tertiary alicyclic amines) is 1. The lowest BCUT2D eigenvalue weighted by Crippen LogP contribution is -2.48. The Morgan fingerprint density at radius 1 is 0.970 bits per heavy atom. The molecule has 0 radical (unpaired) electrons. The highest BCUT2D eigenvalue weighted by atomic mass is 15.2. The highest BCUT2D eigenvalue weighted by molar-refractivity contribution is 5.80. The molecular weight excluding hydrogens is 408 g/mol. The van der Waals surface area contributed by atoms with Crippen LogP contribution in [0.4, 0.5) is 5.82 Å². The molecule has 1 aromatic carbocycles. The van der Waals surface area contributed by atoms with E-state index in [4.69, 9.17) is 0 Å². The Hall–Kier alpha value is -2.60. The smallest absolute Gasteiger partial charge is 0.191 e. The van der Waals surface area contributed by atoms with Crippen LogP contribution >= 0.6 is 0 Å². The van der Waals surface area contributed by atoms with Crippen molar-refractivity contribution in [2.75, 3.05) is 38.1 Å². The molecule has 0 bridgehead atoms. The van der Waals surface area contributed by atoms with Gasteiger partial charge in [-0.05, 0) is 68.5 Å². The minimum atomic E-state index is 0.435. The van der Waals surface area contributed by atoms with Crippen molar-refractivity contribution in [1.29, 1.82) is 0 Å². The fourth-order valence-electron chi connectivity index (χ4n) is 4.89. The number of nitrogens with one attached hydrogen (secondary N) is 2. The number of piperidine rings is 1. The minimum Gasteiger partial charge on any atom is -0.356 e. The van der Waals surface area contributed by atoms with Gasteiger partial charge in [0, 0.05) is 45.5 Å². The number of guanidine groups is 1. The molecule has 6 nitrogen and oxygen atoms in total. The quantitative estimate of drug-likeness (QED) is 0.515. The number of aliphatic imine (C=N–C) groups is 1. The van der Waals surface area contributed by atoms with Gasteiger partial charge in [-0.2, -0.15) is 0 Å². The van der Waals surface area contributed by atoms with Crippen LogP contribution in [0.15, 0.2) is 47.6 Å². The molecule has 178 valence electrons. The summed E-state index contributed by atoms with van der Waals surface area (Å²) in [4.78, 5) is 14.1. The first kappa shape index (κ1) is 23.6. The molecule has 1 aromatic heterocycles. The fourth-order valence-corrected chi connectivity index (χ4v) is 4.89. The summed E-state index contributed by atoms with van der Waals surface area (Å²) in [5.74, 6) is 1.98. The number of aromatic nitrogens is 1. The van der Waals surface area contributed by atoms with Gasteiger partial charge in [-0.3, -0.25) is 9.89 Å². The number of pyridine rings is 1. The number of nitrogens with zero attached hydrogens (tertiary/aromatic N) is 4. The summed E-state index contributed by atoms with van der Waals surface area (Å²) < 4.78 is 0. The summed E-state index contributed by atoms with van der Waals surface area (Å²) in [5, 5.41) is 7.21. The SMILES string of the molecule is CN=C(NCc1ccccc1CN1CCCCCC1)NC1CCN(c2ccc(C)cn2)CC1. The second-order valence-corrected chi connectivity index (χ2v) is 9.48.